The van der Waals surface area contributed by atoms with E-state index in [9.17, 15) is 17.6 Å². The molecule has 0 bridgehead atoms. The first-order chi connectivity index (χ1) is 13.8. The van der Waals surface area contributed by atoms with Crippen molar-refractivity contribution in [2.24, 2.45) is 0 Å². The van der Waals surface area contributed by atoms with Crippen LogP contribution in [0, 0.1) is 5.82 Å². The van der Waals surface area contributed by atoms with Crippen LogP contribution in [0.15, 0.2) is 51.8 Å². The van der Waals surface area contributed by atoms with Gasteiger partial charge in [-0.1, -0.05) is 15.9 Å². The molecule has 1 saturated heterocycles. The highest BCUT2D eigenvalue weighted by molar-refractivity contribution is 9.10. The van der Waals surface area contributed by atoms with Gasteiger partial charge in [-0.2, -0.15) is 4.31 Å². The van der Waals surface area contributed by atoms with E-state index >= 15 is 0 Å². The third-order valence-electron chi connectivity index (χ3n) is 4.28. The van der Waals surface area contributed by atoms with Gasteiger partial charge in [0, 0.05) is 23.2 Å². The molecular weight excluding hydrogens is 467 g/mol. The number of carbonyl (C=O) groups excluding carboxylic acids is 1. The fourth-order valence-electron chi connectivity index (χ4n) is 2.72. The van der Waals surface area contributed by atoms with Crippen LogP contribution in [0.1, 0.15) is 6.92 Å². The van der Waals surface area contributed by atoms with Gasteiger partial charge in [-0.3, -0.25) is 4.79 Å². The normalized spacial score (nSPS) is 16.2. The van der Waals surface area contributed by atoms with Gasteiger partial charge in [0.25, 0.3) is 5.91 Å². The third kappa shape index (κ3) is 5.33. The number of morpholine rings is 1. The zero-order chi connectivity index (χ0) is 21.0. The Morgan fingerprint density at radius 1 is 1.21 bits per heavy atom. The molecule has 1 aliphatic rings. The maximum Gasteiger partial charge on any atom is 0.265 e. The molecule has 0 aromatic heterocycles. The maximum atomic E-state index is 14.3. The van der Waals surface area contributed by atoms with Crippen molar-refractivity contribution in [3.05, 3.63) is 52.8 Å². The first-order valence-electron chi connectivity index (χ1n) is 8.88. The summed E-state index contributed by atoms with van der Waals surface area (Å²) in [5.41, 5.74) is 0.162. The topological polar surface area (TPSA) is 84.9 Å². The Hall–Kier alpha value is -2.01. The van der Waals surface area contributed by atoms with Gasteiger partial charge in [0.05, 0.1) is 13.2 Å². The lowest BCUT2D eigenvalue weighted by atomic mass is 10.3. The SMILES string of the molecule is C[C@@H](Oc1ccc(Br)cc1)C(=O)Nc1ccc(F)c(S(=O)(=O)N2CCOCC2)c1. The molecule has 7 nitrogen and oxygen atoms in total. The highest BCUT2D eigenvalue weighted by atomic mass is 79.9. The van der Waals surface area contributed by atoms with Crippen LogP contribution in [-0.2, 0) is 19.6 Å². The Bertz CT molecular complexity index is 979. The van der Waals surface area contributed by atoms with E-state index < -0.39 is 32.7 Å². The number of anilines is 1. The number of ether oxygens (including phenoxy) is 2. The molecule has 1 aliphatic heterocycles. The Labute approximate surface area is 177 Å². The average molecular weight is 487 g/mol. The maximum absolute atomic E-state index is 14.3. The predicted octanol–water partition coefficient (Wildman–Crippen LogP) is 3.02. The van der Waals surface area contributed by atoms with Crippen LogP contribution in [0.3, 0.4) is 0 Å². The molecule has 0 aliphatic carbocycles. The summed E-state index contributed by atoms with van der Waals surface area (Å²) in [5, 5.41) is 2.57. The molecule has 2 aromatic rings. The summed E-state index contributed by atoms with van der Waals surface area (Å²) in [4.78, 5) is 11.9. The average Bonchev–Trinajstić information content (AvgIpc) is 2.71. The van der Waals surface area contributed by atoms with Crippen LogP contribution in [0.25, 0.3) is 0 Å². The number of nitrogens with one attached hydrogen (secondary N) is 1. The molecule has 0 radical (unpaired) electrons. The van der Waals surface area contributed by atoms with Gasteiger partial charge in [-0.25, -0.2) is 12.8 Å². The van der Waals surface area contributed by atoms with E-state index in [1.54, 1.807) is 31.2 Å². The van der Waals surface area contributed by atoms with Gasteiger partial charge < -0.3 is 14.8 Å². The molecule has 1 atom stereocenters. The number of halogens is 2. The zero-order valence-corrected chi connectivity index (χ0v) is 18.0. The second kappa shape index (κ2) is 9.21. The Balaban J connectivity index is 1.73. The summed E-state index contributed by atoms with van der Waals surface area (Å²) >= 11 is 3.32. The van der Waals surface area contributed by atoms with E-state index in [1.807, 2.05) is 0 Å². The van der Waals surface area contributed by atoms with E-state index in [1.165, 1.54) is 10.4 Å². The molecule has 0 saturated carbocycles. The van der Waals surface area contributed by atoms with Crippen LogP contribution in [0.4, 0.5) is 10.1 Å². The lowest BCUT2D eigenvalue weighted by Gasteiger charge is -2.26. The first kappa shape index (κ1) is 21.7. The van der Waals surface area contributed by atoms with E-state index in [2.05, 4.69) is 21.2 Å². The van der Waals surface area contributed by atoms with Crippen LogP contribution in [0.5, 0.6) is 5.75 Å². The molecule has 10 heteroatoms. The highest BCUT2D eigenvalue weighted by Gasteiger charge is 2.29. The summed E-state index contributed by atoms with van der Waals surface area (Å²) in [5.74, 6) is -0.867. The van der Waals surface area contributed by atoms with Crippen LogP contribution < -0.4 is 10.1 Å². The van der Waals surface area contributed by atoms with Crippen LogP contribution in [0.2, 0.25) is 0 Å². The van der Waals surface area contributed by atoms with Crippen molar-refractivity contribution >= 4 is 37.5 Å². The minimum Gasteiger partial charge on any atom is -0.481 e. The lowest BCUT2D eigenvalue weighted by Crippen LogP contribution is -2.41. The van der Waals surface area contributed by atoms with Crippen molar-refractivity contribution in [2.75, 3.05) is 31.6 Å². The molecule has 1 fully saturated rings. The fraction of sp³-hybridized carbons (Fsp3) is 0.316. The summed E-state index contributed by atoms with van der Waals surface area (Å²) < 4.78 is 52.5. The smallest absolute Gasteiger partial charge is 0.265 e. The number of nitrogens with zero attached hydrogens (tertiary/aromatic N) is 1. The van der Waals surface area contributed by atoms with Gasteiger partial charge in [-0.05, 0) is 49.4 Å². The van der Waals surface area contributed by atoms with Crippen molar-refractivity contribution < 1.29 is 27.1 Å². The third-order valence-corrected chi connectivity index (χ3v) is 6.72. The minimum absolute atomic E-state index is 0.149. The van der Waals surface area contributed by atoms with Gasteiger partial charge in [0.1, 0.15) is 16.5 Å². The second-order valence-corrected chi connectivity index (χ2v) is 9.19. The number of benzene rings is 2. The molecule has 1 N–H and O–H groups in total. The number of hydrogen-bond donors (Lipinski definition) is 1. The molecule has 0 spiro atoms. The second-order valence-electron chi connectivity index (χ2n) is 6.36. The standard InChI is InChI=1S/C19H20BrFN2O5S/c1-13(28-16-5-2-14(20)3-6-16)19(24)22-15-4-7-17(21)18(12-15)29(25,26)23-8-10-27-11-9-23/h2-7,12-13H,8-11H2,1H3,(H,22,24)/t13-/m1/s1. The van der Waals surface area contributed by atoms with E-state index in [0.717, 1.165) is 16.6 Å². The molecule has 2 aromatic carbocycles. The van der Waals surface area contributed by atoms with E-state index in [-0.39, 0.29) is 32.0 Å². The summed E-state index contributed by atoms with van der Waals surface area (Å²) in [6, 6.07) is 10.4. The van der Waals surface area contributed by atoms with Gasteiger partial charge in [-0.15, -0.1) is 0 Å². The Morgan fingerprint density at radius 2 is 1.86 bits per heavy atom. The van der Waals surface area contributed by atoms with Crippen molar-refractivity contribution in [1.29, 1.82) is 0 Å². The summed E-state index contributed by atoms with van der Waals surface area (Å²) in [6.45, 7) is 2.36. The zero-order valence-electron chi connectivity index (χ0n) is 15.6. The molecular formula is C19H20BrFN2O5S. The predicted molar refractivity (Wildman–Crippen MR) is 109 cm³/mol. The van der Waals surface area contributed by atoms with E-state index in [0.29, 0.717) is 5.75 Å². The number of carbonyl (C=O) groups is 1. The summed E-state index contributed by atoms with van der Waals surface area (Å²) in [7, 11) is -4.03. The number of hydrogen-bond acceptors (Lipinski definition) is 5. The largest absolute Gasteiger partial charge is 0.481 e. The number of rotatable bonds is 6. The first-order valence-corrected chi connectivity index (χ1v) is 11.1. The molecule has 3 rings (SSSR count). The minimum atomic E-state index is -4.03. The molecule has 156 valence electrons. The van der Waals surface area contributed by atoms with Crippen molar-refractivity contribution in [2.45, 2.75) is 17.9 Å². The van der Waals surface area contributed by atoms with Crippen LogP contribution >= 0.6 is 15.9 Å². The van der Waals surface area contributed by atoms with Gasteiger partial charge >= 0.3 is 0 Å². The summed E-state index contributed by atoms with van der Waals surface area (Å²) in [6.07, 6.45) is -0.847. The quantitative estimate of drug-likeness (QED) is 0.678. The molecule has 0 unspecified atom stereocenters. The Kier molecular flexibility index (Phi) is 6.89. The van der Waals surface area contributed by atoms with Crippen molar-refractivity contribution in [1.82, 2.24) is 4.31 Å². The van der Waals surface area contributed by atoms with Gasteiger partial charge in [0.2, 0.25) is 10.0 Å². The van der Waals surface area contributed by atoms with E-state index in [4.69, 9.17) is 9.47 Å². The molecule has 1 amide bonds. The number of amides is 1. The van der Waals surface area contributed by atoms with Crippen molar-refractivity contribution in [3.8, 4) is 5.75 Å². The van der Waals surface area contributed by atoms with Crippen molar-refractivity contribution in [3.63, 3.8) is 0 Å². The monoisotopic (exact) mass is 486 g/mol. The molecule has 1 heterocycles. The molecule has 29 heavy (non-hydrogen) atoms. The number of sulfonamides is 1. The highest BCUT2D eigenvalue weighted by Crippen LogP contribution is 2.24. The lowest BCUT2D eigenvalue weighted by molar-refractivity contribution is -0.122. The van der Waals surface area contributed by atoms with Gasteiger partial charge in [0.15, 0.2) is 6.10 Å². The Morgan fingerprint density at radius 3 is 2.52 bits per heavy atom. The fourth-order valence-corrected chi connectivity index (χ4v) is 4.48. The van der Waals surface area contributed by atoms with Crippen LogP contribution in [-0.4, -0.2) is 51.0 Å².